The number of hydrogen-bond donors (Lipinski definition) is 2. The molecule has 8 heteroatoms. The number of tetrazole rings is 1. The number of aryl methyl sites for hydroxylation is 3. The van der Waals surface area contributed by atoms with Gasteiger partial charge in [-0.15, -0.1) is 10.2 Å². The molecule has 1 aromatic heterocycles. The van der Waals surface area contributed by atoms with Crippen LogP contribution in [0.1, 0.15) is 36.6 Å². The second kappa shape index (κ2) is 9.51. The van der Waals surface area contributed by atoms with E-state index in [1.807, 2.05) is 77.1 Å². The minimum Gasteiger partial charge on any atom is -0.345 e. The Kier molecular flexibility index (Phi) is 6.79. The fourth-order valence-electron chi connectivity index (χ4n) is 3.55. The lowest BCUT2D eigenvalue weighted by Gasteiger charge is -2.19. The van der Waals surface area contributed by atoms with E-state index >= 15 is 0 Å². The van der Waals surface area contributed by atoms with E-state index in [1.54, 1.807) is 0 Å². The van der Waals surface area contributed by atoms with Crippen molar-refractivity contribution < 1.29 is 9.59 Å². The van der Waals surface area contributed by atoms with Crippen LogP contribution in [-0.4, -0.2) is 38.6 Å². The third kappa shape index (κ3) is 5.33. The highest BCUT2D eigenvalue weighted by atomic mass is 16.2. The summed E-state index contributed by atoms with van der Waals surface area (Å²) in [4.78, 5) is 26.6. The summed E-state index contributed by atoms with van der Waals surface area (Å²) in [6, 6.07) is 12.8. The van der Waals surface area contributed by atoms with Crippen molar-refractivity contribution in [1.29, 1.82) is 0 Å². The molecule has 1 heterocycles. The van der Waals surface area contributed by atoms with Crippen LogP contribution in [-0.2, 0) is 9.59 Å². The van der Waals surface area contributed by atoms with Gasteiger partial charge >= 0.3 is 0 Å². The number of nitrogens with one attached hydrogen (secondary N) is 2. The third-order valence-electron chi connectivity index (χ3n) is 4.97. The second-order valence-corrected chi connectivity index (χ2v) is 8.03. The van der Waals surface area contributed by atoms with E-state index in [1.165, 1.54) is 4.80 Å². The first-order chi connectivity index (χ1) is 14.8. The minimum absolute atomic E-state index is 0.0949. The van der Waals surface area contributed by atoms with Gasteiger partial charge in [0.25, 0.3) is 0 Å². The molecule has 0 radical (unpaired) electrons. The molecule has 2 aromatic carbocycles. The van der Waals surface area contributed by atoms with E-state index in [-0.39, 0.29) is 24.3 Å². The monoisotopic (exact) mass is 420 g/mol. The summed E-state index contributed by atoms with van der Waals surface area (Å²) in [5.41, 5.74) is 4.70. The van der Waals surface area contributed by atoms with Crippen molar-refractivity contribution in [3.8, 4) is 11.4 Å². The number of aromatic nitrogens is 4. The lowest BCUT2D eigenvalue weighted by atomic mass is 10.0. The van der Waals surface area contributed by atoms with E-state index in [0.29, 0.717) is 5.82 Å². The molecule has 162 valence electrons. The van der Waals surface area contributed by atoms with Gasteiger partial charge in [-0.2, -0.15) is 4.80 Å². The molecular formula is C23H28N6O2. The highest BCUT2D eigenvalue weighted by molar-refractivity contribution is 5.96. The van der Waals surface area contributed by atoms with Crippen LogP contribution >= 0.6 is 0 Å². The SMILES string of the molecule is Cc1cc(C)c(NC(=O)CNC(=O)C(C(C)C)n2nnc(-c3ccccc3)n2)c(C)c1. The first kappa shape index (κ1) is 22.1. The van der Waals surface area contributed by atoms with Crippen LogP contribution in [0.15, 0.2) is 42.5 Å². The molecule has 1 atom stereocenters. The largest absolute Gasteiger partial charge is 0.345 e. The predicted molar refractivity (Wildman–Crippen MR) is 119 cm³/mol. The molecule has 8 nitrogen and oxygen atoms in total. The van der Waals surface area contributed by atoms with Gasteiger partial charge in [-0.1, -0.05) is 61.9 Å². The highest BCUT2D eigenvalue weighted by Gasteiger charge is 2.27. The Morgan fingerprint density at radius 2 is 1.68 bits per heavy atom. The number of carbonyl (C=O) groups excluding carboxylic acids is 2. The first-order valence-corrected chi connectivity index (χ1v) is 10.3. The van der Waals surface area contributed by atoms with Gasteiger partial charge in [0.05, 0.1) is 6.54 Å². The summed E-state index contributed by atoms with van der Waals surface area (Å²) >= 11 is 0. The summed E-state index contributed by atoms with van der Waals surface area (Å²) in [6.07, 6.45) is 0. The molecule has 31 heavy (non-hydrogen) atoms. The smallest absolute Gasteiger partial charge is 0.247 e. The van der Waals surface area contributed by atoms with E-state index in [4.69, 9.17) is 0 Å². The lowest BCUT2D eigenvalue weighted by Crippen LogP contribution is -2.40. The quantitative estimate of drug-likeness (QED) is 0.611. The van der Waals surface area contributed by atoms with E-state index in [9.17, 15) is 9.59 Å². The summed E-state index contributed by atoms with van der Waals surface area (Å²) in [7, 11) is 0. The Morgan fingerprint density at radius 1 is 1.03 bits per heavy atom. The fraction of sp³-hybridized carbons (Fsp3) is 0.348. The Balaban J connectivity index is 1.66. The molecule has 1 unspecified atom stereocenters. The van der Waals surface area contributed by atoms with Crippen LogP contribution in [0.3, 0.4) is 0 Å². The third-order valence-corrected chi connectivity index (χ3v) is 4.97. The van der Waals surface area contributed by atoms with Crippen molar-refractivity contribution in [3.05, 3.63) is 59.2 Å². The Labute approximate surface area is 182 Å². The topological polar surface area (TPSA) is 102 Å². The molecule has 0 saturated heterocycles. The Hall–Kier alpha value is -3.55. The molecule has 0 aliphatic carbocycles. The van der Waals surface area contributed by atoms with Crippen molar-refractivity contribution in [2.75, 3.05) is 11.9 Å². The van der Waals surface area contributed by atoms with Gasteiger partial charge in [-0.25, -0.2) is 0 Å². The van der Waals surface area contributed by atoms with Crippen LogP contribution in [0.2, 0.25) is 0 Å². The number of anilines is 1. The zero-order valence-electron chi connectivity index (χ0n) is 18.5. The number of rotatable bonds is 7. The van der Waals surface area contributed by atoms with Gasteiger partial charge in [-0.05, 0) is 43.0 Å². The zero-order valence-corrected chi connectivity index (χ0v) is 18.5. The minimum atomic E-state index is -0.680. The number of amides is 2. The molecule has 0 aliphatic heterocycles. The van der Waals surface area contributed by atoms with Crippen molar-refractivity contribution in [2.45, 2.75) is 40.7 Å². The van der Waals surface area contributed by atoms with Gasteiger partial charge in [0.2, 0.25) is 17.6 Å². The molecule has 0 fully saturated rings. The normalized spacial score (nSPS) is 11.9. The molecule has 3 aromatic rings. The summed E-state index contributed by atoms with van der Waals surface area (Å²) in [5.74, 6) is -0.272. The molecular weight excluding hydrogens is 392 g/mol. The molecule has 0 spiro atoms. The van der Waals surface area contributed by atoms with Crippen molar-refractivity contribution in [3.63, 3.8) is 0 Å². The van der Waals surface area contributed by atoms with Gasteiger partial charge in [-0.3, -0.25) is 9.59 Å². The van der Waals surface area contributed by atoms with Gasteiger partial charge in [0.15, 0.2) is 6.04 Å². The van der Waals surface area contributed by atoms with Crippen LogP contribution < -0.4 is 10.6 Å². The maximum atomic E-state index is 12.8. The maximum Gasteiger partial charge on any atom is 0.247 e. The van der Waals surface area contributed by atoms with Crippen molar-refractivity contribution in [1.82, 2.24) is 25.5 Å². The number of hydrogen-bond acceptors (Lipinski definition) is 5. The second-order valence-electron chi connectivity index (χ2n) is 8.03. The average molecular weight is 421 g/mol. The van der Waals surface area contributed by atoms with Crippen LogP contribution in [0.4, 0.5) is 5.69 Å². The van der Waals surface area contributed by atoms with E-state index in [2.05, 4.69) is 26.0 Å². The highest BCUT2D eigenvalue weighted by Crippen LogP contribution is 2.22. The van der Waals surface area contributed by atoms with Crippen molar-refractivity contribution >= 4 is 17.5 Å². The molecule has 2 amide bonds. The number of nitrogens with zero attached hydrogens (tertiary/aromatic N) is 4. The van der Waals surface area contributed by atoms with Crippen LogP contribution in [0, 0.1) is 26.7 Å². The van der Waals surface area contributed by atoms with Crippen LogP contribution in [0.5, 0.6) is 0 Å². The fourth-order valence-corrected chi connectivity index (χ4v) is 3.55. The standard InChI is InChI=1S/C23H28N6O2/c1-14(2)21(29-27-22(26-28-29)18-9-7-6-8-10-18)23(31)24-13-19(30)25-20-16(4)11-15(3)12-17(20)5/h6-12,14,21H,13H2,1-5H3,(H,24,31)(H,25,30). The van der Waals surface area contributed by atoms with Crippen molar-refractivity contribution in [2.24, 2.45) is 5.92 Å². The number of benzene rings is 2. The molecule has 0 aliphatic rings. The van der Waals surface area contributed by atoms with E-state index in [0.717, 1.165) is 27.9 Å². The summed E-state index contributed by atoms with van der Waals surface area (Å²) < 4.78 is 0. The summed E-state index contributed by atoms with van der Waals surface area (Å²) in [6.45, 7) is 9.56. The first-order valence-electron chi connectivity index (χ1n) is 10.3. The molecule has 0 bridgehead atoms. The van der Waals surface area contributed by atoms with Gasteiger partial charge < -0.3 is 10.6 Å². The van der Waals surface area contributed by atoms with Crippen LogP contribution in [0.25, 0.3) is 11.4 Å². The molecule has 0 saturated carbocycles. The maximum absolute atomic E-state index is 12.8. The van der Waals surface area contributed by atoms with Gasteiger partial charge in [0, 0.05) is 11.3 Å². The Bertz CT molecular complexity index is 1050. The summed E-state index contributed by atoms with van der Waals surface area (Å²) in [5, 5.41) is 18.1. The Morgan fingerprint density at radius 3 is 2.29 bits per heavy atom. The molecule has 3 rings (SSSR count). The number of carbonyl (C=O) groups is 2. The van der Waals surface area contributed by atoms with Gasteiger partial charge in [0.1, 0.15) is 0 Å². The predicted octanol–water partition coefficient (Wildman–Crippen LogP) is 3.22. The lowest BCUT2D eigenvalue weighted by molar-refractivity contribution is -0.128. The molecule has 2 N–H and O–H groups in total. The zero-order chi connectivity index (χ0) is 22.5. The van der Waals surface area contributed by atoms with E-state index < -0.39 is 6.04 Å². The average Bonchev–Trinajstić information content (AvgIpc) is 3.19.